The Kier molecular flexibility index (Phi) is 4.56. The maximum absolute atomic E-state index is 6.02. The highest BCUT2D eigenvalue weighted by Gasteiger charge is 2.13. The van der Waals surface area contributed by atoms with E-state index in [1.165, 1.54) is 23.1 Å². The standard InChI is InChI=1S/C12H16N4O2S2/c1-16(2)11-14-15-12(20-11)19-10-6-9(18-4)8(17-3)5-7(10)13/h5-6H,13H2,1-4H3. The second-order valence-electron chi connectivity index (χ2n) is 4.09. The Morgan fingerprint density at radius 2 is 1.80 bits per heavy atom. The van der Waals surface area contributed by atoms with E-state index in [0.717, 1.165) is 14.4 Å². The zero-order chi connectivity index (χ0) is 14.7. The molecular formula is C12H16N4O2S2. The van der Waals surface area contributed by atoms with Gasteiger partial charge in [-0.3, -0.25) is 0 Å². The van der Waals surface area contributed by atoms with Crippen LogP contribution < -0.4 is 20.1 Å². The third kappa shape index (κ3) is 3.07. The molecule has 1 heterocycles. The van der Waals surface area contributed by atoms with Crippen LogP contribution in [0, 0.1) is 0 Å². The number of benzene rings is 1. The highest BCUT2D eigenvalue weighted by molar-refractivity contribution is 8.01. The van der Waals surface area contributed by atoms with Crippen molar-refractivity contribution in [2.75, 3.05) is 38.9 Å². The molecular weight excluding hydrogens is 296 g/mol. The first-order valence-corrected chi connectivity index (χ1v) is 7.38. The molecule has 1 aromatic carbocycles. The van der Waals surface area contributed by atoms with Gasteiger partial charge >= 0.3 is 0 Å². The maximum atomic E-state index is 6.02. The van der Waals surface area contributed by atoms with Crippen molar-refractivity contribution in [3.05, 3.63) is 12.1 Å². The fourth-order valence-electron chi connectivity index (χ4n) is 1.48. The average molecular weight is 312 g/mol. The third-order valence-corrected chi connectivity index (χ3v) is 4.71. The van der Waals surface area contributed by atoms with Gasteiger partial charge in [0.15, 0.2) is 15.8 Å². The largest absolute Gasteiger partial charge is 0.493 e. The smallest absolute Gasteiger partial charge is 0.208 e. The van der Waals surface area contributed by atoms with Gasteiger partial charge in [-0.1, -0.05) is 23.1 Å². The zero-order valence-corrected chi connectivity index (χ0v) is 13.3. The summed E-state index contributed by atoms with van der Waals surface area (Å²) >= 11 is 2.97. The average Bonchev–Trinajstić information content (AvgIpc) is 2.89. The molecule has 0 atom stereocenters. The molecule has 0 bridgehead atoms. The van der Waals surface area contributed by atoms with E-state index in [0.29, 0.717) is 17.2 Å². The van der Waals surface area contributed by atoms with Crippen LogP contribution in [0.15, 0.2) is 21.4 Å². The van der Waals surface area contributed by atoms with E-state index in [9.17, 15) is 0 Å². The lowest BCUT2D eigenvalue weighted by Gasteiger charge is -2.11. The molecule has 2 N–H and O–H groups in total. The number of rotatable bonds is 5. The summed E-state index contributed by atoms with van der Waals surface area (Å²) in [6.07, 6.45) is 0. The second-order valence-corrected chi connectivity index (χ2v) is 6.34. The molecule has 108 valence electrons. The molecule has 0 saturated heterocycles. The summed E-state index contributed by atoms with van der Waals surface area (Å²) in [5.41, 5.74) is 6.64. The molecule has 20 heavy (non-hydrogen) atoms. The fraction of sp³-hybridized carbons (Fsp3) is 0.333. The van der Waals surface area contributed by atoms with Crippen molar-refractivity contribution in [2.45, 2.75) is 9.24 Å². The highest BCUT2D eigenvalue weighted by atomic mass is 32.2. The molecule has 6 nitrogen and oxygen atoms in total. The minimum absolute atomic E-state index is 0.612. The van der Waals surface area contributed by atoms with Gasteiger partial charge in [-0.05, 0) is 0 Å². The summed E-state index contributed by atoms with van der Waals surface area (Å²) < 4.78 is 11.3. The number of nitrogen functional groups attached to an aromatic ring is 1. The van der Waals surface area contributed by atoms with Gasteiger partial charge in [-0.15, -0.1) is 10.2 Å². The van der Waals surface area contributed by atoms with Crippen molar-refractivity contribution >= 4 is 33.9 Å². The molecule has 1 aromatic heterocycles. The van der Waals surface area contributed by atoms with Crippen molar-refractivity contribution in [3.63, 3.8) is 0 Å². The fourth-order valence-corrected chi connectivity index (χ4v) is 3.26. The number of hydrogen-bond acceptors (Lipinski definition) is 8. The van der Waals surface area contributed by atoms with Crippen LogP contribution in [0.1, 0.15) is 0 Å². The van der Waals surface area contributed by atoms with Crippen molar-refractivity contribution in [3.8, 4) is 11.5 Å². The van der Waals surface area contributed by atoms with Crippen LogP contribution in [0.25, 0.3) is 0 Å². The zero-order valence-electron chi connectivity index (χ0n) is 11.7. The van der Waals surface area contributed by atoms with Gasteiger partial charge in [0.25, 0.3) is 0 Å². The summed E-state index contributed by atoms with van der Waals surface area (Å²) in [6.45, 7) is 0. The number of methoxy groups -OCH3 is 2. The van der Waals surface area contributed by atoms with Crippen LogP contribution in [0.5, 0.6) is 11.5 Å². The monoisotopic (exact) mass is 312 g/mol. The molecule has 2 aromatic rings. The van der Waals surface area contributed by atoms with Gasteiger partial charge in [0.2, 0.25) is 5.13 Å². The topological polar surface area (TPSA) is 73.5 Å². The summed E-state index contributed by atoms with van der Waals surface area (Å²) in [5, 5.41) is 9.08. The lowest BCUT2D eigenvalue weighted by Crippen LogP contribution is -2.07. The summed E-state index contributed by atoms with van der Waals surface area (Å²) in [4.78, 5) is 2.78. The van der Waals surface area contributed by atoms with Crippen LogP contribution in [-0.2, 0) is 0 Å². The molecule has 0 fully saturated rings. The Balaban J connectivity index is 2.28. The van der Waals surface area contributed by atoms with Gasteiger partial charge in [-0.2, -0.15) is 0 Å². The minimum Gasteiger partial charge on any atom is -0.493 e. The lowest BCUT2D eigenvalue weighted by molar-refractivity contribution is 0.354. The minimum atomic E-state index is 0.612. The number of nitrogens with two attached hydrogens (primary N) is 1. The van der Waals surface area contributed by atoms with Gasteiger partial charge < -0.3 is 20.1 Å². The predicted molar refractivity (Wildman–Crippen MR) is 82.3 cm³/mol. The molecule has 0 radical (unpaired) electrons. The number of hydrogen-bond donors (Lipinski definition) is 1. The molecule has 0 amide bonds. The number of aromatic nitrogens is 2. The van der Waals surface area contributed by atoms with Crippen LogP contribution in [0.2, 0.25) is 0 Å². The van der Waals surface area contributed by atoms with Crippen molar-refractivity contribution in [2.24, 2.45) is 0 Å². The van der Waals surface area contributed by atoms with E-state index in [1.807, 2.05) is 25.1 Å². The van der Waals surface area contributed by atoms with Gasteiger partial charge in [0.05, 0.1) is 14.2 Å². The van der Waals surface area contributed by atoms with E-state index in [2.05, 4.69) is 10.2 Å². The normalized spacial score (nSPS) is 10.4. The SMILES string of the molecule is COc1cc(N)c(Sc2nnc(N(C)C)s2)cc1OC. The Bertz CT molecular complexity index is 601. The summed E-state index contributed by atoms with van der Waals surface area (Å²) in [7, 11) is 7.04. The van der Waals surface area contributed by atoms with Crippen LogP contribution in [0.3, 0.4) is 0 Å². The van der Waals surface area contributed by atoms with Crippen molar-refractivity contribution in [1.29, 1.82) is 0 Å². The molecule has 0 saturated carbocycles. The number of anilines is 2. The predicted octanol–water partition coefficient (Wildman–Crippen LogP) is 2.35. The van der Waals surface area contributed by atoms with Crippen molar-refractivity contribution < 1.29 is 9.47 Å². The van der Waals surface area contributed by atoms with Gasteiger partial charge in [0.1, 0.15) is 0 Å². The quantitative estimate of drug-likeness (QED) is 0.849. The summed E-state index contributed by atoms with van der Waals surface area (Å²) in [5.74, 6) is 1.25. The van der Waals surface area contributed by atoms with Crippen LogP contribution in [-0.4, -0.2) is 38.5 Å². The number of nitrogens with zero attached hydrogens (tertiary/aromatic N) is 3. The maximum Gasteiger partial charge on any atom is 0.208 e. The van der Waals surface area contributed by atoms with Gasteiger partial charge in [0, 0.05) is 36.8 Å². The van der Waals surface area contributed by atoms with Crippen LogP contribution in [0.4, 0.5) is 10.8 Å². The lowest BCUT2D eigenvalue weighted by atomic mass is 10.3. The highest BCUT2D eigenvalue weighted by Crippen LogP contribution is 2.41. The Hall–Kier alpha value is -1.67. The Morgan fingerprint density at radius 1 is 1.15 bits per heavy atom. The summed E-state index contributed by atoms with van der Waals surface area (Å²) in [6, 6.07) is 3.59. The molecule has 0 unspecified atom stereocenters. The first-order valence-electron chi connectivity index (χ1n) is 5.75. The second kappa shape index (κ2) is 6.19. The van der Waals surface area contributed by atoms with E-state index < -0.39 is 0 Å². The molecule has 8 heteroatoms. The molecule has 0 aliphatic heterocycles. The van der Waals surface area contributed by atoms with Crippen molar-refractivity contribution in [1.82, 2.24) is 10.2 Å². The van der Waals surface area contributed by atoms with E-state index in [-0.39, 0.29) is 0 Å². The first-order chi connectivity index (χ1) is 9.55. The first kappa shape index (κ1) is 14.7. The van der Waals surface area contributed by atoms with Gasteiger partial charge in [-0.25, -0.2) is 0 Å². The molecule has 0 aliphatic carbocycles. The Labute approximate surface area is 125 Å². The Morgan fingerprint density at radius 3 is 2.35 bits per heavy atom. The third-order valence-electron chi connectivity index (χ3n) is 2.49. The van der Waals surface area contributed by atoms with E-state index >= 15 is 0 Å². The van der Waals surface area contributed by atoms with E-state index in [4.69, 9.17) is 15.2 Å². The number of ether oxygens (including phenoxy) is 2. The van der Waals surface area contributed by atoms with Crippen LogP contribution >= 0.6 is 23.1 Å². The molecule has 0 spiro atoms. The van der Waals surface area contributed by atoms with E-state index in [1.54, 1.807) is 20.3 Å². The molecule has 0 aliphatic rings. The molecule has 2 rings (SSSR count).